The lowest BCUT2D eigenvalue weighted by atomic mass is 10.1. The van der Waals surface area contributed by atoms with Crippen molar-refractivity contribution < 1.29 is 0 Å². The molecule has 4 heterocycles. The molecule has 0 amide bonds. The van der Waals surface area contributed by atoms with Gasteiger partial charge in [-0.2, -0.15) is 0 Å². The molecule has 2 aliphatic heterocycles. The summed E-state index contributed by atoms with van der Waals surface area (Å²) in [5, 5.41) is 9.16. The molecule has 0 bridgehead atoms. The number of thiophene rings is 1. The Balaban J connectivity index is 0.00000204. The van der Waals surface area contributed by atoms with E-state index in [1.54, 1.807) is 0 Å². The Morgan fingerprint density at radius 1 is 0.774 bits per heavy atom. The predicted octanol–water partition coefficient (Wildman–Crippen LogP) is 4.67. The van der Waals surface area contributed by atoms with Crippen LogP contribution in [0.15, 0.2) is 58.5 Å². The predicted molar refractivity (Wildman–Crippen MR) is 135 cm³/mol. The summed E-state index contributed by atoms with van der Waals surface area (Å²) in [7, 11) is 0. The molecule has 0 saturated carbocycles. The van der Waals surface area contributed by atoms with Crippen molar-refractivity contribution >= 4 is 68.6 Å². The number of aromatic nitrogens is 1. The molecule has 2 aromatic carbocycles. The fraction of sp³-hybridized carbons (Fsp3) is 0.167. The first-order valence-electron chi connectivity index (χ1n) is 10.2. The highest BCUT2D eigenvalue weighted by Crippen LogP contribution is 2.28. The van der Waals surface area contributed by atoms with Crippen LogP contribution >= 0.6 is 23.7 Å². The summed E-state index contributed by atoms with van der Waals surface area (Å²) >= 11 is 1.81. The summed E-state index contributed by atoms with van der Waals surface area (Å²) in [4.78, 5) is 13.8. The number of aliphatic imine (C=N–C) groups is 2. The van der Waals surface area contributed by atoms with Crippen LogP contribution in [0.1, 0.15) is 21.7 Å². The van der Waals surface area contributed by atoms with Crippen LogP contribution in [0.2, 0.25) is 0 Å². The standard InChI is InChI=1S/C24H21N5S.ClH/c1-2-17(24-27-9-10-28-24)14-21-15(1)12-19(29-21)4-5-20-13-18-11-16(3-6-22(18)30-20)23-25-7-8-26-23;/h1-6,11-14,29H,7-10H2,(H,25,26)(H,27,28);1H/b5-4+;. The monoisotopic (exact) mass is 447 g/mol. The largest absolute Gasteiger partial charge is 0.368 e. The van der Waals surface area contributed by atoms with Gasteiger partial charge < -0.3 is 15.6 Å². The Bertz CT molecular complexity index is 1260. The van der Waals surface area contributed by atoms with E-state index in [1.165, 1.54) is 25.9 Å². The molecule has 0 saturated heterocycles. The van der Waals surface area contributed by atoms with Gasteiger partial charge in [-0.3, -0.25) is 9.98 Å². The highest BCUT2D eigenvalue weighted by molar-refractivity contribution is 7.19. The van der Waals surface area contributed by atoms with Crippen LogP contribution in [0.4, 0.5) is 0 Å². The van der Waals surface area contributed by atoms with Crippen molar-refractivity contribution in [3.63, 3.8) is 0 Å². The van der Waals surface area contributed by atoms with Gasteiger partial charge in [0.1, 0.15) is 11.7 Å². The van der Waals surface area contributed by atoms with Crippen molar-refractivity contribution in [1.29, 1.82) is 0 Å². The fourth-order valence-corrected chi connectivity index (χ4v) is 4.98. The second kappa shape index (κ2) is 8.21. The zero-order valence-electron chi connectivity index (χ0n) is 16.8. The van der Waals surface area contributed by atoms with Crippen molar-refractivity contribution in [2.45, 2.75) is 0 Å². The number of nitrogens with zero attached hydrogens (tertiary/aromatic N) is 2. The number of fused-ring (bicyclic) bond motifs is 2. The van der Waals surface area contributed by atoms with Gasteiger partial charge in [0.2, 0.25) is 0 Å². The number of amidine groups is 2. The van der Waals surface area contributed by atoms with Gasteiger partial charge in [0, 0.05) is 50.4 Å². The fourth-order valence-electron chi connectivity index (χ4n) is 4.03. The van der Waals surface area contributed by atoms with E-state index in [9.17, 15) is 0 Å². The summed E-state index contributed by atoms with van der Waals surface area (Å²) in [6.07, 6.45) is 4.34. The topological polar surface area (TPSA) is 64.6 Å². The molecule has 0 unspecified atom stereocenters. The van der Waals surface area contributed by atoms with E-state index < -0.39 is 0 Å². The first kappa shape index (κ1) is 19.8. The van der Waals surface area contributed by atoms with E-state index in [0.29, 0.717) is 0 Å². The average Bonchev–Trinajstić information content (AvgIpc) is 3.56. The van der Waals surface area contributed by atoms with Gasteiger partial charge in [-0.15, -0.1) is 23.7 Å². The Morgan fingerprint density at radius 3 is 2.26 bits per heavy atom. The van der Waals surface area contributed by atoms with E-state index in [0.717, 1.165) is 54.6 Å². The van der Waals surface area contributed by atoms with Crippen molar-refractivity contribution in [2.75, 3.05) is 26.2 Å². The Labute approximate surface area is 190 Å². The molecule has 2 aliphatic rings. The van der Waals surface area contributed by atoms with Gasteiger partial charge in [-0.05, 0) is 53.9 Å². The summed E-state index contributed by atoms with van der Waals surface area (Å²) < 4.78 is 1.29. The van der Waals surface area contributed by atoms with Crippen molar-refractivity contribution in [1.82, 2.24) is 15.6 Å². The van der Waals surface area contributed by atoms with Crippen LogP contribution in [0, 0.1) is 0 Å². The van der Waals surface area contributed by atoms with Crippen LogP contribution in [0.3, 0.4) is 0 Å². The molecule has 31 heavy (non-hydrogen) atoms. The maximum atomic E-state index is 4.53. The number of halogens is 1. The molecule has 6 rings (SSSR count). The number of H-pyrrole nitrogens is 1. The molecule has 5 nitrogen and oxygen atoms in total. The van der Waals surface area contributed by atoms with Crippen molar-refractivity contribution in [3.8, 4) is 0 Å². The zero-order valence-corrected chi connectivity index (χ0v) is 18.4. The second-order valence-electron chi connectivity index (χ2n) is 7.58. The molecular formula is C24H22ClN5S. The number of aromatic amines is 1. The maximum Gasteiger partial charge on any atom is 0.128 e. The summed E-state index contributed by atoms with van der Waals surface area (Å²) in [6, 6.07) is 17.5. The van der Waals surface area contributed by atoms with Crippen LogP contribution < -0.4 is 10.6 Å². The third-order valence-corrected chi connectivity index (χ3v) is 6.58. The average molecular weight is 448 g/mol. The molecule has 0 aliphatic carbocycles. The minimum Gasteiger partial charge on any atom is -0.368 e. The Morgan fingerprint density at radius 2 is 1.52 bits per heavy atom. The van der Waals surface area contributed by atoms with E-state index in [4.69, 9.17) is 0 Å². The first-order chi connectivity index (χ1) is 14.8. The minimum absolute atomic E-state index is 0. The normalized spacial score (nSPS) is 15.7. The van der Waals surface area contributed by atoms with E-state index in [-0.39, 0.29) is 12.4 Å². The smallest absolute Gasteiger partial charge is 0.128 e. The molecule has 2 aromatic heterocycles. The lowest BCUT2D eigenvalue weighted by molar-refractivity contribution is 0.960. The molecule has 3 N–H and O–H groups in total. The Kier molecular flexibility index (Phi) is 5.26. The third-order valence-electron chi connectivity index (χ3n) is 5.50. The number of rotatable bonds is 4. The summed E-state index contributed by atoms with van der Waals surface area (Å²) in [5.41, 5.74) is 4.54. The molecule has 0 radical (unpaired) electrons. The van der Waals surface area contributed by atoms with Crippen LogP contribution in [0.25, 0.3) is 33.1 Å². The molecule has 7 heteroatoms. The number of hydrogen-bond acceptors (Lipinski definition) is 5. The molecule has 0 fully saturated rings. The molecule has 156 valence electrons. The summed E-state index contributed by atoms with van der Waals surface area (Å²) in [6.45, 7) is 3.57. The lowest BCUT2D eigenvalue weighted by Crippen LogP contribution is -2.19. The Hall–Kier alpha value is -3.09. The van der Waals surface area contributed by atoms with Gasteiger partial charge in [0.15, 0.2) is 0 Å². The molecule has 0 atom stereocenters. The van der Waals surface area contributed by atoms with E-state index in [1.807, 2.05) is 11.3 Å². The maximum absolute atomic E-state index is 4.53. The SMILES string of the molecule is C(=C\c1cc2cc(C3=NCCN3)ccc2s1)/c1cc2ccc(C3=NCCN3)cc2[nH]1.Cl. The minimum atomic E-state index is 0. The highest BCUT2D eigenvalue weighted by Gasteiger charge is 2.10. The van der Waals surface area contributed by atoms with Gasteiger partial charge in [-0.25, -0.2) is 0 Å². The van der Waals surface area contributed by atoms with Crippen LogP contribution in [-0.2, 0) is 0 Å². The van der Waals surface area contributed by atoms with Crippen molar-refractivity contribution in [3.05, 3.63) is 70.2 Å². The molecule has 0 spiro atoms. The second-order valence-corrected chi connectivity index (χ2v) is 8.69. The van der Waals surface area contributed by atoms with Gasteiger partial charge >= 0.3 is 0 Å². The molecular weight excluding hydrogens is 426 g/mol. The number of nitrogens with one attached hydrogen (secondary N) is 3. The van der Waals surface area contributed by atoms with Crippen LogP contribution in [0.5, 0.6) is 0 Å². The van der Waals surface area contributed by atoms with Gasteiger partial charge in [-0.1, -0.05) is 12.1 Å². The lowest BCUT2D eigenvalue weighted by Gasteiger charge is -2.01. The van der Waals surface area contributed by atoms with Crippen LogP contribution in [-0.4, -0.2) is 42.8 Å². The molecule has 4 aromatic rings. The quantitative estimate of drug-likeness (QED) is 0.425. The number of benzene rings is 2. The summed E-state index contributed by atoms with van der Waals surface area (Å²) in [5.74, 6) is 2.00. The number of hydrogen-bond donors (Lipinski definition) is 3. The first-order valence-corrected chi connectivity index (χ1v) is 11.1. The van der Waals surface area contributed by atoms with E-state index >= 15 is 0 Å². The highest BCUT2D eigenvalue weighted by atomic mass is 35.5. The van der Waals surface area contributed by atoms with Gasteiger partial charge in [0.05, 0.1) is 13.1 Å². The third kappa shape index (κ3) is 3.84. The van der Waals surface area contributed by atoms with Crippen molar-refractivity contribution in [2.24, 2.45) is 9.98 Å². The van der Waals surface area contributed by atoms with Gasteiger partial charge in [0.25, 0.3) is 0 Å². The zero-order chi connectivity index (χ0) is 19.9. The van der Waals surface area contributed by atoms with E-state index in [2.05, 4.69) is 86.3 Å².